The van der Waals surface area contributed by atoms with Crippen LogP contribution in [-0.4, -0.2) is 31.1 Å². The molecule has 1 aromatic carbocycles. The Bertz CT molecular complexity index is 575. The molecule has 0 aliphatic rings. The lowest BCUT2D eigenvalue weighted by atomic mass is 10.2. The van der Waals surface area contributed by atoms with Crippen molar-refractivity contribution in [1.29, 1.82) is 0 Å². The summed E-state index contributed by atoms with van der Waals surface area (Å²) in [5.41, 5.74) is 0.0353. The first kappa shape index (κ1) is 17.0. The maximum atomic E-state index is 11.7. The zero-order chi connectivity index (χ0) is 15.8. The summed E-state index contributed by atoms with van der Waals surface area (Å²) in [7, 11) is 0. The van der Waals surface area contributed by atoms with E-state index in [1.54, 1.807) is 0 Å². The van der Waals surface area contributed by atoms with Gasteiger partial charge in [0.1, 0.15) is 0 Å². The number of carbonyl (C=O) groups excluding carboxylic acids is 3. The molecule has 3 amide bonds. The maximum Gasteiger partial charge on any atom is 0.340 e. The van der Waals surface area contributed by atoms with Gasteiger partial charge in [0.25, 0.3) is 5.91 Å². The van der Waals surface area contributed by atoms with Gasteiger partial charge >= 0.3 is 12.0 Å². The van der Waals surface area contributed by atoms with Gasteiger partial charge in [0.2, 0.25) is 0 Å². The van der Waals surface area contributed by atoms with E-state index in [0.717, 1.165) is 0 Å². The number of ether oxygens (including phenoxy) is 1. The van der Waals surface area contributed by atoms with Crippen LogP contribution in [0.15, 0.2) is 30.9 Å². The summed E-state index contributed by atoms with van der Waals surface area (Å²) in [5, 5.41) is 4.54. The van der Waals surface area contributed by atoms with Crippen molar-refractivity contribution < 1.29 is 19.1 Å². The molecule has 2 N–H and O–H groups in total. The quantitative estimate of drug-likeness (QED) is 0.640. The standard InChI is InChI=1S/C13H12Cl2N2O4/c1-2-6-16-13(20)17-10(18)7-21-12(19)8-4-3-5-9(14)11(8)15/h2-5H,1,6-7H2,(H2,16,17,18,20). The first-order chi connectivity index (χ1) is 9.95. The van der Waals surface area contributed by atoms with E-state index in [1.165, 1.54) is 24.3 Å². The van der Waals surface area contributed by atoms with E-state index in [2.05, 4.69) is 11.9 Å². The van der Waals surface area contributed by atoms with Crippen LogP contribution in [-0.2, 0) is 9.53 Å². The van der Waals surface area contributed by atoms with Gasteiger partial charge in [-0.3, -0.25) is 10.1 Å². The Morgan fingerprint density at radius 3 is 2.67 bits per heavy atom. The Labute approximate surface area is 131 Å². The number of carbonyl (C=O) groups is 3. The van der Waals surface area contributed by atoms with Gasteiger partial charge in [-0.25, -0.2) is 9.59 Å². The molecule has 8 heteroatoms. The third-order valence-electron chi connectivity index (χ3n) is 2.17. The maximum absolute atomic E-state index is 11.7. The number of benzene rings is 1. The van der Waals surface area contributed by atoms with Crippen LogP contribution in [0.1, 0.15) is 10.4 Å². The lowest BCUT2D eigenvalue weighted by molar-refractivity contribution is -0.123. The fourth-order valence-corrected chi connectivity index (χ4v) is 1.62. The molecule has 1 rings (SSSR count). The van der Waals surface area contributed by atoms with Crippen molar-refractivity contribution in [3.05, 3.63) is 46.5 Å². The van der Waals surface area contributed by atoms with Crippen molar-refractivity contribution in [2.24, 2.45) is 0 Å². The van der Waals surface area contributed by atoms with Crippen LogP contribution in [0.5, 0.6) is 0 Å². The average Bonchev–Trinajstić information content (AvgIpc) is 2.45. The van der Waals surface area contributed by atoms with Crippen molar-refractivity contribution in [1.82, 2.24) is 10.6 Å². The monoisotopic (exact) mass is 330 g/mol. The summed E-state index contributed by atoms with van der Waals surface area (Å²) in [4.78, 5) is 34.2. The van der Waals surface area contributed by atoms with Crippen LogP contribution in [0.4, 0.5) is 4.79 Å². The molecule has 0 aromatic heterocycles. The fraction of sp³-hybridized carbons (Fsp3) is 0.154. The summed E-state index contributed by atoms with van der Waals surface area (Å²) >= 11 is 11.6. The predicted octanol–water partition coefficient (Wildman–Crippen LogP) is 2.16. The summed E-state index contributed by atoms with van der Waals surface area (Å²) in [6.07, 6.45) is 1.45. The predicted molar refractivity (Wildman–Crippen MR) is 78.5 cm³/mol. The number of urea groups is 1. The van der Waals surface area contributed by atoms with Gasteiger partial charge in [0.15, 0.2) is 6.61 Å². The molecule has 0 radical (unpaired) electrons. The van der Waals surface area contributed by atoms with Gasteiger partial charge < -0.3 is 10.1 Å². The molecule has 112 valence electrons. The molecule has 21 heavy (non-hydrogen) atoms. The molecule has 0 heterocycles. The highest BCUT2D eigenvalue weighted by Crippen LogP contribution is 2.25. The topological polar surface area (TPSA) is 84.5 Å². The highest BCUT2D eigenvalue weighted by Gasteiger charge is 2.16. The van der Waals surface area contributed by atoms with E-state index < -0.39 is 24.5 Å². The summed E-state index contributed by atoms with van der Waals surface area (Å²) in [6.45, 7) is 2.98. The van der Waals surface area contributed by atoms with Gasteiger partial charge in [-0.1, -0.05) is 35.3 Å². The molecule has 0 unspecified atom stereocenters. The molecular weight excluding hydrogens is 319 g/mol. The van der Waals surface area contributed by atoms with Crippen LogP contribution in [0, 0.1) is 0 Å². The van der Waals surface area contributed by atoms with Crippen LogP contribution in [0.3, 0.4) is 0 Å². The van der Waals surface area contributed by atoms with Crippen molar-refractivity contribution in [3.63, 3.8) is 0 Å². The van der Waals surface area contributed by atoms with E-state index in [1.807, 2.05) is 5.32 Å². The Balaban J connectivity index is 2.49. The van der Waals surface area contributed by atoms with Gasteiger partial charge in [-0.05, 0) is 12.1 Å². The molecule has 1 aromatic rings. The molecule has 0 spiro atoms. The first-order valence-corrected chi connectivity index (χ1v) is 6.51. The average molecular weight is 331 g/mol. The van der Waals surface area contributed by atoms with Crippen molar-refractivity contribution in [2.75, 3.05) is 13.2 Å². The summed E-state index contributed by atoms with van der Waals surface area (Å²) in [6, 6.07) is 3.73. The Kier molecular flexibility index (Phi) is 6.71. The Morgan fingerprint density at radius 2 is 2.00 bits per heavy atom. The molecule has 0 saturated heterocycles. The lowest BCUT2D eigenvalue weighted by Crippen LogP contribution is -2.41. The number of halogens is 2. The van der Waals surface area contributed by atoms with Gasteiger partial charge in [-0.15, -0.1) is 6.58 Å². The first-order valence-electron chi connectivity index (χ1n) is 5.75. The molecular formula is C13H12Cl2N2O4. The SMILES string of the molecule is C=CCNC(=O)NC(=O)COC(=O)c1cccc(Cl)c1Cl. The van der Waals surface area contributed by atoms with E-state index in [4.69, 9.17) is 27.9 Å². The zero-order valence-corrected chi connectivity index (χ0v) is 12.3. The van der Waals surface area contributed by atoms with Gasteiger partial charge in [0, 0.05) is 6.54 Å². The molecule has 0 bridgehead atoms. The van der Waals surface area contributed by atoms with Crippen molar-refractivity contribution in [2.45, 2.75) is 0 Å². The summed E-state index contributed by atoms with van der Waals surface area (Å²) in [5.74, 6) is -1.59. The van der Waals surface area contributed by atoms with Crippen LogP contribution >= 0.6 is 23.2 Å². The van der Waals surface area contributed by atoms with E-state index in [-0.39, 0.29) is 22.2 Å². The second kappa shape index (κ2) is 8.28. The zero-order valence-electron chi connectivity index (χ0n) is 10.8. The van der Waals surface area contributed by atoms with Crippen LogP contribution in [0.2, 0.25) is 10.0 Å². The molecule has 0 atom stereocenters. The molecule has 0 saturated carbocycles. The summed E-state index contributed by atoms with van der Waals surface area (Å²) < 4.78 is 4.74. The number of hydrogen-bond acceptors (Lipinski definition) is 4. The second-order valence-electron chi connectivity index (χ2n) is 3.72. The number of esters is 1. The minimum atomic E-state index is -0.816. The molecule has 6 nitrogen and oxygen atoms in total. The smallest absolute Gasteiger partial charge is 0.340 e. The van der Waals surface area contributed by atoms with Crippen molar-refractivity contribution in [3.8, 4) is 0 Å². The van der Waals surface area contributed by atoms with Gasteiger partial charge in [0.05, 0.1) is 15.6 Å². The van der Waals surface area contributed by atoms with E-state index in [9.17, 15) is 14.4 Å². The minimum absolute atomic E-state index is 0.0353. The normalized spacial score (nSPS) is 9.62. The lowest BCUT2D eigenvalue weighted by Gasteiger charge is -2.07. The van der Waals surface area contributed by atoms with Gasteiger partial charge in [-0.2, -0.15) is 0 Å². The van der Waals surface area contributed by atoms with Crippen LogP contribution < -0.4 is 10.6 Å². The highest BCUT2D eigenvalue weighted by molar-refractivity contribution is 6.43. The molecule has 0 aliphatic carbocycles. The van der Waals surface area contributed by atoms with Crippen LogP contribution in [0.25, 0.3) is 0 Å². The number of imide groups is 1. The number of nitrogens with one attached hydrogen (secondary N) is 2. The minimum Gasteiger partial charge on any atom is -0.452 e. The van der Waals surface area contributed by atoms with E-state index in [0.29, 0.717) is 0 Å². The number of rotatable bonds is 5. The molecule has 0 fully saturated rings. The number of amides is 3. The number of hydrogen-bond donors (Lipinski definition) is 2. The second-order valence-corrected chi connectivity index (χ2v) is 4.51. The Hall–Kier alpha value is -2.05. The largest absolute Gasteiger partial charge is 0.452 e. The molecule has 0 aliphatic heterocycles. The third kappa shape index (κ3) is 5.45. The Morgan fingerprint density at radius 1 is 1.29 bits per heavy atom. The third-order valence-corrected chi connectivity index (χ3v) is 2.98. The van der Waals surface area contributed by atoms with E-state index >= 15 is 0 Å². The van der Waals surface area contributed by atoms with Crippen molar-refractivity contribution >= 4 is 41.1 Å². The highest BCUT2D eigenvalue weighted by atomic mass is 35.5. The fourth-order valence-electron chi connectivity index (χ4n) is 1.24.